The zero-order valence-corrected chi connectivity index (χ0v) is 17.4. The van der Waals surface area contributed by atoms with Crippen molar-refractivity contribution in [2.24, 2.45) is 0 Å². The summed E-state index contributed by atoms with van der Waals surface area (Å²) in [4.78, 5) is 8.71. The maximum Gasteiger partial charge on any atom is 0.451 e. The number of rotatable bonds is 2. The summed E-state index contributed by atoms with van der Waals surface area (Å²) < 4.78 is 45.2. The number of pyridine rings is 1. The Labute approximate surface area is 177 Å². The molecule has 31 heavy (non-hydrogen) atoms. The van der Waals surface area contributed by atoms with E-state index in [1.165, 1.54) is 0 Å². The zero-order valence-electron chi connectivity index (χ0n) is 17.4. The fourth-order valence-electron chi connectivity index (χ4n) is 3.90. The first-order chi connectivity index (χ1) is 14.7. The molecule has 2 aromatic heterocycles. The highest BCUT2D eigenvalue weighted by Gasteiger charge is 2.38. The number of nitrogens with one attached hydrogen (secondary N) is 2. The smallest absolute Gasteiger partial charge is 0.378 e. The molecule has 0 atom stereocenters. The normalized spacial score (nSPS) is 16.9. The Bertz CT molecular complexity index is 1070. The molecule has 2 aliphatic rings. The third-order valence-corrected chi connectivity index (χ3v) is 5.84. The Balaban J connectivity index is 1.68. The average molecular weight is 435 g/mol. The van der Waals surface area contributed by atoms with Crippen LogP contribution in [0.25, 0.3) is 0 Å². The molecule has 0 aromatic carbocycles. The van der Waals surface area contributed by atoms with Crippen molar-refractivity contribution in [3.63, 3.8) is 0 Å². The van der Waals surface area contributed by atoms with Crippen LogP contribution in [-0.2, 0) is 17.7 Å². The molecule has 0 spiro atoms. The van der Waals surface area contributed by atoms with Gasteiger partial charge in [-0.3, -0.25) is 15.8 Å². The summed E-state index contributed by atoms with van der Waals surface area (Å²) in [6.07, 6.45) is -2.39. The first-order valence-electron chi connectivity index (χ1n) is 10.0. The van der Waals surface area contributed by atoms with Gasteiger partial charge in [-0.15, -0.1) is 5.10 Å². The maximum absolute atomic E-state index is 13.1. The minimum Gasteiger partial charge on any atom is -0.378 e. The van der Waals surface area contributed by atoms with Crippen molar-refractivity contribution in [3.8, 4) is 0 Å². The van der Waals surface area contributed by atoms with E-state index in [2.05, 4.69) is 21.0 Å². The number of hydrogen-bond donors (Lipinski definition) is 2. The number of halogens is 3. The maximum atomic E-state index is 13.1. The average Bonchev–Trinajstić information content (AvgIpc) is 2.76. The number of hydrogen-bond acceptors (Lipinski definition) is 7. The number of nitrogens with zero attached hydrogens (tertiary/aromatic N) is 5. The predicted molar refractivity (Wildman–Crippen MR) is 109 cm³/mol. The molecule has 0 unspecified atom stereocenters. The largest absolute Gasteiger partial charge is 0.451 e. The van der Waals surface area contributed by atoms with Crippen LogP contribution in [0.3, 0.4) is 0 Å². The van der Waals surface area contributed by atoms with E-state index in [1.807, 2.05) is 11.1 Å². The van der Waals surface area contributed by atoms with Crippen LogP contribution < -0.4 is 15.3 Å². The fraction of sp³-hybridized carbons (Fsp3) is 0.500. The van der Waals surface area contributed by atoms with Gasteiger partial charge in [0.25, 0.3) is 0 Å². The van der Waals surface area contributed by atoms with Gasteiger partial charge >= 0.3 is 6.18 Å². The van der Waals surface area contributed by atoms with Crippen LogP contribution >= 0.6 is 0 Å². The third-order valence-electron chi connectivity index (χ3n) is 5.84. The highest BCUT2D eigenvalue weighted by molar-refractivity contribution is 5.86. The van der Waals surface area contributed by atoms with E-state index < -0.39 is 17.5 Å². The topological polar surface area (TPSA) is 94.1 Å². The number of ether oxygens (including phenoxy) is 1. The van der Waals surface area contributed by atoms with Crippen molar-refractivity contribution in [1.82, 2.24) is 14.8 Å². The van der Waals surface area contributed by atoms with Crippen molar-refractivity contribution in [3.05, 3.63) is 40.1 Å². The van der Waals surface area contributed by atoms with Gasteiger partial charge in [-0.2, -0.15) is 17.9 Å². The number of morpholine rings is 1. The molecule has 8 nitrogen and oxygen atoms in total. The molecular weight excluding hydrogens is 411 g/mol. The lowest BCUT2D eigenvalue weighted by molar-refractivity contribution is -0.0632. The second-order valence-corrected chi connectivity index (χ2v) is 7.75. The van der Waals surface area contributed by atoms with Crippen LogP contribution in [0.1, 0.15) is 22.4 Å². The monoisotopic (exact) mass is 435 g/mol. The van der Waals surface area contributed by atoms with Crippen LogP contribution in [0, 0.1) is 24.7 Å². The standard InChI is InChI=1S/C20H24F3N7O/c1-12-13(2)18(27-30(17(12)24)19(25)20(21,22)23)29-4-3-16-14(11-29)9-15(10-26-16)28-5-7-31-8-6-28/h9-10,24-25H,3-8,11H2,1-2H3. The molecule has 0 aliphatic carbocycles. The summed E-state index contributed by atoms with van der Waals surface area (Å²) in [5, 5.41) is 19.6. The van der Waals surface area contributed by atoms with Crippen molar-refractivity contribution in [2.75, 3.05) is 42.6 Å². The first-order valence-corrected chi connectivity index (χ1v) is 10.0. The Morgan fingerprint density at radius 1 is 1.10 bits per heavy atom. The van der Waals surface area contributed by atoms with Crippen molar-refractivity contribution in [2.45, 2.75) is 33.0 Å². The molecule has 0 radical (unpaired) electrons. The van der Waals surface area contributed by atoms with E-state index in [9.17, 15) is 13.2 Å². The first kappa shape index (κ1) is 21.3. The Morgan fingerprint density at radius 3 is 2.48 bits per heavy atom. The van der Waals surface area contributed by atoms with Crippen LogP contribution in [0.15, 0.2) is 12.3 Å². The number of fused-ring (bicyclic) bond motifs is 1. The van der Waals surface area contributed by atoms with E-state index in [1.54, 1.807) is 13.8 Å². The molecule has 0 saturated carbocycles. The van der Waals surface area contributed by atoms with Crippen LogP contribution in [-0.4, -0.2) is 59.6 Å². The zero-order chi connectivity index (χ0) is 22.3. The van der Waals surface area contributed by atoms with Crippen molar-refractivity contribution < 1.29 is 17.9 Å². The molecule has 0 amide bonds. The van der Waals surface area contributed by atoms with E-state index in [0.29, 0.717) is 54.4 Å². The molecule has 1 saturated heterocycles. The van der Waals surface area contributed by atoms with Gasteiger partial charge in [-0.1, -0.05) is 0 Å². The second-order valence-electron chi connectivity index (χ2n) is 7.75. The molecule has 0 bridgehead atoms. The number of aromatic nitrogens is 3. The second kappa shape index (κ2) is 7.95. The SMILES string of the molecule is Cc1c(N2CCc3ncc(N4CCOCC4)cc3C2)nn(C(=N)C(F)(F)F)c(=N)c1C. The number of alkyl halides is 3. The summed E-state index contributed by atoms with van der Waals surface area (Å²) >= 11 is 0. The van der Waals surface area contributed by atoms with Gasteiger partial charge < -0.3 is 14.5 Å². The highest BCUT2D eigenvalue weighted by Crippen LogP contribution is 2.28. The molecule has 4 rings (SSSR count). The highest BCUT2D eigenvalue weighted by atomic mass is 19.4. The van der Waals surface area contributed by atoms with Gasteiger partial charge in [0.2, 0.25) is 5.84 Å². The van der Waals surface area contributed by atoms with Crippen molar-refractivity contribution in [1.29, 1.82) is 10.8 Å². The van der Waals surface area contributed by atoms with Gasteiger partial charge in [0.05, 0.1) is 25.1 Å². The lowest BCUT2D eigenvalue weighted by Gasteiger charge is -2.33. The van der Waals surface area contributed by atoms with Crippen LogP contribution in [0.2, 0.25) is 0 Å². The van der Waals surface area contributed by atoms with Crippen molar-refractivity contribution >= 4 is 17.3 Å². The summed E-state index contributed by atoms with van der Waals surface area (Å²) in [6.45, 7) is 7.22. The molecule has 166 valence electrons. The minimum absolute atomic E-state index is 0.352. The minimum atomic E-state index is -4.89. The van der Waals surface area contributed by atoms with Crippen LogP contribution in [0.5, 0.6) is 0 Å². The molecule has 2 aliphatic heterocycles. The van der Waals surface area contributed by atoms with Gasteiger partial charge in [-0.05, 0) is 31.0 Å². The van der Waals surface area contributed by atoms with E-state index in [-0.39, 0.29) is 0 Å². The quantitative estimate of drug-likeness (QED) is 0.557. The Kier molecular flexibility index (Phi) is 5.46. The number of anilines is 2. The summed E-state index contributed by atoms with van der Waals surface area (Å²) in [6, 6.07) is 2.08. The molecule has 1 fully saturated rings. The molecule has 4 heterocycles. The van der Waals surface area contributed by atoms with Gasteiger partial charge in [0.1, 0.15) is 0 Å². The van der Waals surface area contributed by atoms with E-state index >= 15 is 0 Å². The van der Waals surface area contributed by atoms with Gasteiger partial charge in [0, 0.05) is 43.9 Å². The predicted octanol–water partition coefficient (Wildman–Crippen LogP) is 2.16. The summed E-state index contributed by atoms with van der Waals surface area (Å²) in [7, 11) is 0. The molecule has 2 aromatic rings. The molecule has 2 N–H and O–H groups in total. The Morgan fingerprint density at radius 2 is 1.81 bits per heavy atom. The summed E-state index contributed by atoms with van der Waals surface area (Å²) in [5.41, 5.74) is 3.54. The molecular formula is C20H24F3N7O. The van der Waals surface area contributed by atoms with Gasteiger partial charge in [0.15, 0.2) is 11.3 Å². The lowest BCUT2D eigenvalue weighted by atomic mass is 10.0. The van der Waals surface area contributed by atoms with Crippen LogP contribution in [0.4, 0.5) is 24.7 Å². The van der Waals surface area contributed by atoms with E-state index in [4.69, 9.17) is 15.6 Å². The fourth-order valence-corrected chi connectivity index (χ4v) is 3.90. The Hall–Kier alpha value is -2.95. The van der Waals surface area contributed by atoms with Gasteiger partial charge in [-0.25, -0.2) is 0 Å². The third kappa shape index (κ3) is 4.01. The van der Waals surface area contributed by atoms with E-state index in [0.717, 1.165) is 30.0 Å². The molecule has 11 heteroatoms. The lowest BCUT2D eigenvalue weighted by Crippen LogP contribution is -2.42. The summed E-state index contributed by atoms with van der Waals surface area (Å²) in [5.74, 6) is -1.32.